The van der Waals surface area contributed by atoms with Crippen molar-refractivity contribution in [2.45, 2.75) is 38.4 Å². The van der Waals surface area contributed by atoms with Gasteiger partial charge in [0, 0.05) is 11.5 Å². The van der Waals surface area contributed by atoms with Crippen LogP contribution in [0.1, 0.15) is 26.7 Å². The van der Waals surface area contributed by atoms with Gasteiger partial charge in [-0.05, 0) is 26.7 Å². The average Bonchev–Trinajstić information content (AvgIpc) is 2.31. The van der Waals surface area contributed by atoms with Gasteiger partial charge in [-0.3, -0.25) is 0 Å². The molecule has 1 aliphatic rings. The number of aliphatic hydroxyl groups is 1. The van der Waals surface area contributed by atoms with Gasteiger partial charge in [-0.1, -0.05) is 0 Å². The van der Waals surface area contributed by atoms with E-state index < -0.39 is 0 Å². The van der Waals surface area contributed by atoms with Gasteiger partial charge in [-0.2, -0.15) is 11.8 Å². The second-order valence-corrected chi connectivity index (χ2v) is 4.99. The molecule has 0 radical (unpaired) electrons. The number of rotatable bonds is 4. The predicted molar refractivity (Wildman–Crippen MR) is 52.6 cm³/mol. The second-order valence-electron chi connectivity index (χ2n) is 3.84. The molecule has 72 valence electrons. The second kappa shape index (κ2) is 4.49. The molecule has 0 bridgehead atoms. The molecule has 2 nitrogen and oxygen atoms in total. The zero-order valence-corrected chi connectivity index (χ0v) is 8.69. The van der Waals surface area contributed by atoms with E-state index in [1.165, 1.54) is 6.42 Å². The summed E-state index contributed by atoms with van der Waals surface area (Å²) >= 11 is 1.78. The highest BCUT2D eigenvalue weighted by molar-refractivity contribution is 7.99. The first-order valence-electron chi connectivity index (χ1n) is 4.50. The number of hydrogen-bond acceptors (Lipinski definition) is 3. The summed E-state index contributed by atoms with van der Waals surface area (Å²) in [4.78, 5) is 0. The third-order valence-electron chi connectivity index (χ3n) is 2.09. The third kappa shape index (κ3) is 3.33. The van der Waals surface area contributed by atoms with Crippen molar-refractivity contribution >= 4 is 11.8 Å². The summed E-state index contributed by atoms with van der Waals surface area (Å²) in [5, 5.41) is 8.58. The number of hydrogen-bond donors (Lipinski definition) is 1. The van der Waals surface area contributed by atoms with Crippen molar-refractivity contribution in [2.75, 3.05) is 18.1 Å². The van der Waals surface area contributed by atoms with E-state index in [-0.39, 0.29) is 12.2 Å². The third-order valence-corrected chi connectivity index (χ3v) is 3.17. The van der Waals surface area contributed by atoms with Crippen LogP contribution in [0.25, 0.3) is 0 Å². The molecule has 1 rings (SSSR count). The maximum atomic E-state index is 8.58. The molecule has 1 fully saturated rings. The Labute approximate surface area is 78.7 Å². The van der Waals surface area contributed by atoms with Crippen molar-refractivity contribution in [3.05, 3.63) is 0 Å². The van der Waals surface area contributed by atoms with Gasteiger partial charge in [0.2, 0.25) is 0 Å². The van der Waals surface area contributed by atoms with Crippen LogP contribution in [0.5, 0.6) is 0 Å². The van der Waals surface area contributed by atoms with E-state index >= 15 is 0 Å². The van der Waals surface area contributed by atoms with E-state index in [0.29, 0.717) is 6.10 Å². The Hall–Kier alpha value is 0.270. The number of thioether (sulfide) groups is 1. The lowest BCUT2D eigenvalue weighted by molar-refractivity contribution is -0.00466. The molecular weight excluding hydrogens is 172 g/mol. The summed E-state index contributed by atoms with van der Waals surface area (Å²) in [5.74, 6) is 1.87. The first kappa shape index (κ1) is 10.4. The van der Waals surface area contributed by atoms with E-state index in [0.717, 1.165) is 17.9 Å². The van der Waals surface area contributed by atoms with Crippen LogP contribution < -0.4 is 0 Å². The van der Waals surface area contributed by atoms with Gasteiger partial charge in [0.1, 0.15) is 0 Å². The summed E-state index contributed by atoms with van der Waals surface area (Å²) in [6, 6.07) is 0. The molecule has 1 saturated heterocycles. The summed E-state index contributed by atoms with van der Waals surface area (Å²) in [5.41, 5.74) is 0.0877. The highest BCUT2D eigenvalue weighted by atomic mass is 32.2. The van der Waals surface area contributed by atoms with Crippen LogP contribution in [0.4, 0.5) is 0 Å². The Balaban J connectivity index is 2.11. The van der Waals surface area contributed by atoms with E-state index in [9.17, 15) is 0 Å². The summed E-state index contributed by atoms with van der Waals surface area (Å²) in [6.45, 7) is 4.56. The molecule has 0 aliphatic carbocycles. The predicted octanol–water partition coefficient (Wildman–Crippen LogP) is 1.67. The van der Waals surface area contributed by atoms with Gasteiger partial charge in [0.15, 0.2) is 0 Å². The Morgan fingerprint density at radius 2 is 2.33 bits per heavy atom. The van der Waals surface area contributed by atoms with E-state index in [4.69, 9.17) is 9.84 Å². The van der Waals surface area contributed by atoms with Gasteiger partial charge in [0.05, 0.1) is 18.3 Å². The van der Waals surface area contributed by atoms with Crippen molar-refractivity contribution in [1.29, 1.82) is 0 Å². The Kier molecular flexibility index (Phi) is 3.87. The van der Waals surface area contributed by atoms with Crippen LogP contribution in [-0.4, -0.2) is 34.9 Å². The molecule has 1 aliphatic heterocycles. The van der Waals surface area contributed by atoms with Crippen LogP contribution in [0, 0.1) is 0 Å². The molecule has 0 amide bonds. The summed E-state index contributed by atoms with van der Waals surface area (Å²) in [7, 11) is 0. The molecule has 0 saturated carbocycles. The van der Waals surface area contributed by atoms with Crippen molar-refractivity contribution in [1.82, 2.24) is 0 Å². The Morgan fingerprint density at radius 1 is 1.58 bits per heavy atom. The first-order chi connectivity index (χ1) is 5.64. The van der Waals surface area contributed by atoms with Crippen LogP contribution in [0.15, 0.2) is 0 Å². The van der Waals surface area contributed by atoms with Crippen LogP contribution in [0.2, 0.25) is 0 Å². The molecule has 1 N–H and O–H groups in total. The summed E-state index contributed by atoms with van der Waals surface area (Å²) in [6.07, 6.45) is 2.75. The molecular formula is C9H18O2S. The molecule has 0 aromatic heterocycles. The molecule has 1 atom stereocenters. The molecule has 12 heavy (non-hydrogen) atoms. The minimum absolute atomic E-state index is 0.0877. The zero-order chi connectivity index (χ0) is 9.03. The van der Waals surface area contributed by atoms with Gasteiger partial charge in [-0.15, -0.1) is 0 Å². The monoisotopic (exact) mass is 190 g/mol. The van der Waals surface area contributed by atoms with Crippen molar-refractivity contribution in [3.63, 3.8) is 0 Å². The molecule has 0 aromatic rings. The smallest absolute Gasteiger partial charge is 0.0673 e. The van der Waals surface area contributed by atoms with Crippen molar-refractivity contribution in [2.24, 2.45) is 0 Å². The lowest BCUT2D eigenvalue weighted by atomic mass is 10.1. The maximum absolute atomic E-state index is 8.58. The Morgan fingerprint density at radius 3 is 2.83 bits per heavy atom. The lowest BCUT2D eigenvalue weighted by Gasteiger charge is -2.18. The quantitative estimate of drug-likeness (QED) is 0.684. The minimum Gasteiger partial charge on any atom is -0.396 e. The Bertz CT molecular complexity index is 136. The lowest BCUT2D eigenvalue weighted by Crippen LogP contribution is -2.21. The largest absolute Gasteiger partial charge is 0.396 e. The van der Waals surface area contributed by atoms with E-state index in [1.54, 1.807) is 11.8 Å². The van der Waals surface area contributed by atoms with Gasteiger partial charge < -0.3 is 9.84 Å². The van der Waals surface area contributed by atoms with E-state index in [1.807, 2.05) is 0 Å². The zero-order valence-electron chi connectivity index (χ0n) is 7.88. The molecule has 1 unspecified atom stereocenters. The average molecular weight is 190 g/mol. The fourth-order valence-electron chi connectivity index (χ4n) is 1.47. The van der Waals surface area contributed by atoms with Gasteiger partial charge in [0.25, 0.3) is 0 Å². The fraction of sp³-hybridized carbons (Fsp3) is 1.00. The van der Waals surface area contributed by atoms with Gasteiger partial charge in [-0.25, -0.2) is 0 Å². The van der Waals surface area contributed by atoms with Crippen LogP contribution in [0.3, 0.4) is 0 Å². The standard InChI is InChI=1S/C9H18O2S/c1-9(2)4-3-8(11-9)7-12-6-5-10/h8,10H,3-7H2,1-2H3. The van der Waals surface area contributed by atoms with Crippen LogP contribution >= 0.6 is 11.8 Å². The highest BCUT2D eigenvalue weighted by Gasteiger charge is 2.31. The van der Waals surface area contributed by atoms with Crippen LogP contribution in [-0.2, 0) is 4.74 Å². The highest BCUT2D eigenvalue weighted by Crippen LogP contribution is 2.30. The molecule has 1 heterocycles. The maximum Gasteiger partial charge on any atom is 0.0673 e. The first-order valence-corrected chi connectivity index (χ1v) is 5.66. The van der Waals surface area contributed by atoms with Gasteiger partial charge >= 0.3 is 0 Å². The number of aliphatic hydroxyl groups excluding tert-OH is 1. The number of ether oxygens (including phenoxy) is 1. The topological polar surface area (TPSA) is 29.5 Å². The van der Waals surface area contributed by atoms with Crippen molar-refractivity contribution in [3.8, 4) is 0 Å². The molecule has 3 heteroatoms. The summed E-state index contributed by atoms with van der Waals surface area (Å²) < 4.78 is 5.79. The van der Waals surface area contributed by atoms with E-state index in [2.05, 4.69) is 13.8 Å². The molecule has 0 aromatic carbocycles. The SMILES string of the molecule is CC1(C)CCC(CSCCO)O1. The fourth-order valence-corrected chi connectivity index (χ4v) is 2.27. The normalized spacial score (nSPS) is 27.8. The minimum atomic E-state index is 0.0877. The molecule has 0 spiro atoms. The van der Waals surface area contributed by atoms with Crippen molar-refractivity contribution < 1.29 is 9.84 Å².